The van der Waals surface area contributed by atoms with Crippen molar-refractivity contribution >= 4 is 6.03 Å². The van der Waals surface area contributed by atoms with Gasteiger partial charge in [-0.2, -0.15) is 0 Å². The fourth-order valence-corrected chi connectivity index (χ4v) is 1.37. The van der Waals surface area contributed by atoms with Gasteiger partial charge in [-0.15, -0.1) is 0 Å². The number of hydrogen-bond acceptors (Lipinski definition) is 4. The van der Waals surface area contributed by atoms with E-state index in [1.807, 2.05) is 0 Å². The van der Waals surface area contributed by atoms with Crippen molar-refractivity contribution in [3.05, 3.63) is 0 Å². The minimum Gasteiger partial charge on any atom is -0.382 e. The quantitative estimate of drug-likeness (QED) is 0.593. The lowest BCUT2D eigenvalue weighted by Gasteiger charge is -2.11. The third kappa shape index (κ3) is 5.89. The van der Waals surface area contributed by atoms with E-state index in [1.54, 1.807) is 7.11 Å². The molecule has 1 aliphatic rings. The van der Waals surface area contributed by atoms with Crippen LogP contribution < -0.4 is 10.6 Å². The van der Waals surface area contributed by atoms with Crippen LogP contribution in [0.25, 0.3) is 0 Å². The lowest BCUT2D eigenvalue weighted by atomic mass is 10.3. The zero-order valence-electron chi connectivity index (χ0n) is 9.66. The Labute approximate surface area is 95.6 Å². The standard InChI is InChI=1S/C10H20N2O4/c1-14-6-7-15-5-3-11-10(13)12-9-2-4-16-8-9/h9H,2-8H2,1H3,(H2,11,12,13). The fraction of sp³-hybridized carbons (Fsp3) is 0.900. The normalized spacial score (nSPS) is 19.7. The van der Waals surface area contributed by atoms with E-state index in [4.69, 9.17) is 14.2 Å². The maximum absolute atomic E-state index is 11.3. The summed E-state index contributed by atoms with van der Waals surface area (Å²) in [4.78, 5) is 11.3. The van der Waals surface area contributed by atoms with Crippen LogP contribution in [0.5, 0.6) is 0 Å². The highest BCUT2D eigenvalue weighted by Crippen LogP contribution is 2.02. The summed E-state index contributed by atoms with van der Waals surface area (Å²) in [6, 6.07) is -0.0137. The van der Waals surface area contributed by atoms with Crippen molar-refractivity contribution in [2.24, 2.45) is 0 Å². The summed E-state index contributed by atoms with van der Waals surface area (Å²) < 4.78 is 15.2. The minimum absolute atomic E-state index is 0.148. The van der Waals surface area contributed by atoms with Gasteiger partial charge in [0.15, 0.2) is 0 Å². The Morgan fingerprint density at radius 2 is 2.31 bits per heavy atom. The van der Waals surface area contributed by atoms with E-state index in [0.717, 1.165) is 13.0 Å². The van der Waals surface area contributed by atoms with Crippen molar-refractivity contribution in [3.63, 3.8) is 0 Å². The van der Waals surface area contributed by atoms with Gasteiger partial charge >= 0.3 is 6.03 Å². The molecular weight excluding hydrogens is 212 g/mol. The van der Waals surface area contributed by atoms with Gasteiger partial charge in [-0.3, -0.25) is 0 Å². The van der Waals surface area contributed by atoms with Crippen molar-refractivity contribution in [1.82, 2.24) is 10.6 Å². The third-order valence-electron chi connectivity index (χ3n) is 2.23. The summed E-state index contributed by atoms with van der Waals surface area (Å²) in [6.45, 7) is 3.46. The molecule has 0 aromatic rings. The number of carbonyl (C=O) groups is 1. The van der Waals surface area contributed by atoms with E-state index in [0.29, 0.717) is 33.0 Å². The van der Waals surface area contributed by atoms with E-state index >= 15 is 0 Å². The molecular formula is C10H20N2O4. The zero-order chi connectivity index (χ0) is 11.6. The summed E-state index contributed by atoms with van der Waals surface area (Å²) >= 11 is 0. The molecule has 6 nitrogen and oxygen atoms in total. The van der Waals surface area contributed by atoms with E-state index in [-0.39, 0.29) is 12.1 Å². The van der Waals surface area contributed by atoms with Gasteiger partial charge in [0.05, 0.1) is 32.5 Å². The molecule has 94 valence electrons. The average Bonchev–Trinajstić information content (AvgIpc) is 2.76. The number of ether oxygens (including phenoxy) is 3. The van der Waals surface area contributed by atoms with Gasteiger partial charge in [-0.1, -0.05) is 0 Å². The lowest BCUT2D eigenvalue weighted by molar-refractivity contribution is 0.0726. The van der Waals surface area contributed by atoms with Crippen LogP contribution in [-0.4, -0.2) is 58.8 Å². The van der Waals surface area contributed by atoms with E-state index in [1.165, 1.54) is 0 Å². The Bertz CT molecular complexity index is 195. The van der Waals surface area contributed by atoms with Crippen LogP contribution in [0.2, 0.25) is 0 Å². The molecule has 0 radical (unpaired) electrons. The van der Waals surface area contributed by atoms with Crippen molar-refractivity contribution in [2.75, 3.05) is 46.7 Å². The van der Waals surface area contributed by atoms with Crippen LogP contribution in [0, 0.1) is 0 Å². The van der Waals surface area contributed by atoms with E-state index < -0.39 is 0 Å². The van der Waals surface area contributed by atoms with Crippen LogP contribution in [0.15, 0.2) is 0 Å². The lowest BCUT2D eigenvalue weighted by Crippen LogP contribution is -2.43. The van der Waals surface area contributed by atoms with Crippen molar-refractivity contribution in [1.29, 1.82) is 0 Å². The monoisotopic (exact) mass is 232 g/mol. The van der Waals surface area contributed by atoms with Crippen molar-refractivity contribution in [3.8, 4) is 0 Å². The number of methoxy groups -OCH3 is 1. The maximum atomic E-state index is 11.3. The highest BCUT2D eigenvalue weighted by atomic mass is 16.5. The summed E-state index contributed by atoms with van der Waals surface area (Å²) in [7, 11) is 1.62. The van der Waals surface area contributed by atoms with Crippen LogP contribution in [-0.2, 0) is 14.2 Å². The molecule has 0 aliphatic carbocycles. The second-order valence-corrected chi connectivity index (χ2v) is 3.57. The Hall–Kier alpha value is -0.850. The van der Waals surface area contributed by atoms with Gasteiger partial charge in [0.25, 0.3) is 0 Å². The fourth-order valence-electron chi connectivity index (χ4n) is 1.37. The predicted octanol–water partition coefficient (Wildman–Crippen LogP) is -0.262. The van der Waals surface area contributed by atoms with Gasteiger partial charge in [-0.25, -0.2) is 4.79 Å². The SMILES string of the molecule is COCCOCCNC(=O)NC1CCOC1. The molecule has 1 aliphatic heterocycles. The Morgan fingerprint density at radius 1 is 1.44 bits per heavy atom. The van der Waals surface area contributed by atoms with Gasteiger partial charge < -0.3 is 24.8 Å². The molecule has 0 saturated carbocycles. The molecule has 2 N–H and O–H groups in total. The molecule has 0 aromatic heterocycles. The van der Waals surface area contributed by atoms with Crippen LogP contribution in [0.4, 0.5) is 4.79 Å². The van der Waals surface area contributed by atoms with Crippen molar-refractivity contribution < 1.29 is 19.0 Å². The summed E-state index contributed by atoms with van der Waals surface area (Å²) in [5.41, 5.74) is 0. The topological polar surface area (TPSA) is 68.8 Å². The largest absolute Gasteiger partial charge is 0.382 e. The number of carbonyl (C=O) groups excluding carboxylic acids is 1. The number of amides is 2. The van der Waals surface area contributed by atoms with Crippen LogP contribution >= 0.6 is 0 Å². The summed E-state index contributed by atoms with van der Waals surface area (Å²) in [5.74, 6) is 0. The van der Waals surface area contributed by atoms with Gasteiger partial charge in [0.1, 0.15) is 0 Å². The third-order valence-corrected chi connectivity index (χ3v) is 2.23. The second kappa shape index (κ2) is 8.32. The van der Waals surface area contributed by atoms with E-state index in [9.17, 15) is 4.79 Å². The summed E-state index contributed by atoms with van der Waals surface area (Å²) in [6.07, 6.45) is 0.887. The zero-order valence-corrected chi connectivity index (χ0v) is 9.66. The first kappa shape index (κ1) is 13.2. The Kier molecular flexibility index (Phi) is 6.87. The van der Waals surface area contributed by atoms with Crippen LogP contribution in [0.1, 0.15) is 6.42 Å². The highest BCUT2D eigenvalue weighted by molar-refractivity contribution is 5.74. The van der Waals surface area contributed by atoms with E-state index in [2.05, 4.69) is 10.6 Å². The smallest absolute Gasteiger partial charge is 0.315 e. The number of urea groups is 1. The van der Waals surface area contributed by atoms with Crippen LogP contribution in [0.3, 0.4) is 0 Å². The second-order valence-electron chi connectivity index (χ2n) is 3.57. The molecule has 2 amide bonds. The first-order chi connectivity index (χ1) is 7.83. The molecule has 0 bridgehead atoms. The highest BCUT2D eigenvalue weighted by Gasteiger charge is 2.16. The summed E-state index contributed by atoms with van der Waals surface area (Å²) in [5, 5.41) is 5.54. The van der Waals surface area contributed by atoms with Gasteiger partial charge in [0, 0.05) is 20.3 Å². The Morgan fingerprint density at radius 3 is 3.00 bits per heavy atom. The molecule has 1 unspecified atom stereocenters. The molecule has 1 saturated heterocycles. The minimum atomic E-state index is -0.161. The first-order valence-electron chi connectivity index (χ1n) is 5.51. The molecule has 1 heterocycles. The molecule has 0 aromatic carbocycles. The average molecular weight is 232 g/mol. The molecule has 1 rings (SSSR count). The van der Waals surface area contributed by atoms with Crippen molar-refractivity contribution in [2.45, 2.75) is 12.5 Å². The molecule has 1 fully saturated rings. The van der Waals surface area contributed by atoms with Gasteiger partial charge in [-0.05, 0) is 6.42 Å². The first-order valence-corrected chi connectivity index (χ1v) is 5.51. The maximum Gasteiger partial charge on any atom is 0.315 e. The Balaban J connectivity index is 1.89. The molecule has 0 spiro atoms. The molecule has 16 heavy (non-hydrogen) atoms. The number of rotatable bonds is 7. The van der Waals surface area contributed by atoms with Gasteiger partial charge in [0.2, 0.25) is 0 Å². The predicted molar refractivity (Wildman–Crippen MR) is 58.5 cm³/mol. The number of nitrogens with one attached hydrogen (secondary N) is 2. The molecule has 1 atom stereocenters. The molecule has 6 heteroatoms. The number of hydrogen-bond donors (Lipinski definition) is 2.